The van der Waals surface area contributed by atoms with E-state index in [0.29, 0.717) is 24.3 Å². The lowest BCUT2D eigenvalue weighted by Crippen LogP contribution is -2.46. The summed E-state index contributed by atoms with van der Waals surface area (Å²) in [5.74, 6) is -0.295. The minimum Gasteiger partial charge on any atom is -0.326 e. The predicted molar refractivity (Wildman–Crippen MR) is 160 cm³/mol. The summed E-state index contributed by atoms with van der Waals surface area (Å²) in [5, 5.41) is 8.67. The predicted octanol–water partition coefficient (Wildman–Crippen LogP) is 6.48. The summed E-state index contributed by atoms with van der Waals surface area (Å²) in [7, 11) is 0. The van der Waals surface area contributed by atoms with Crippen LogP contribution in [0.1, 0.15) is 37.5 Å². The Morgan fingerprint density at radius 2 is 1.23 bits per heavy atom. The summed E-state index contributed by atoms with van der Waals surface area (Å²) in [5.41, 5.74) is 12.3. The number of hydrogen-bond donors (Lipinski definition) is 4. The van der Waals surface area contributed by atoms with Crippen LogP contribution < -0.4 is 21.7 Å². The molecule has 5 N–H and O–H groups in total. The van der Waals surface area contributed by atoms with Gasteiger partial charge < -0.3 is 21.7 Å². The molecule has 200 valence electrons. The van der Waals surface area contributed by atoms with Gasteiger partial charge in [-0.15, -0.1) is 0 Å². The number of urea groups is 1. The zero-order valence-corrected chi connectivity index (χ0v) is 22.7. The Balaban J connectivity index is 1.46. The summed E-state index contributed by atoms with van der Waals surface area (Å²) in [6, 6.07) is 31.9. The van der Waals surface area contributed by atoms with Crippen LogP contribution >= 0.6 is 0 Å². The Morgan fingerprint density at radius 1 is 0.692 bits per heavy atom. The molecule has 1 atom stereocenters. The molecule has 0 aliphatic carbocycles. The van der Waals surface area contributed by atoms with Crippen LogP contribution in [-0.4, -0.2) is 18.0 Å². The molecule has 6 heteroatoms. The fraction of sp³-hybridized carbons (Fsp3) is 0.212. The van der Waals surface area contributed by atoms with Crippen LogP contribution in [0.15, 0.2) is 103 Å². The Hall–Kier alpha value is -4.42. The number of benzene rings is 4. The van der Waals surface area contributed by atoms with Crippen molar-refractivity contribution in [1.29, 1.82) is 0 Å². The van der Waals surface area contributed by atoms with Crippen molar-refractivity contribution in [3.05, 3.63) is 120 Å². The maximum atomic E-state index is 13.3. The van der Waals surface area contributed by atoms with Gasteiger partial charge in [-0.1, -0.05) is 99.6 Å². The van der Waals surface area contributed by atoms with Crippen LogP contribution in [0.2, 0.25) is 0 Å². The van der Waals surface area contributed by atoms with Crippen molar-refractivity contribution >= 4 is 23.3 Å². The van der Waals surface area contributed by atoms with E-state index in [1.807, 2.05) is 103 Å². The second kappa shape index (κ2) is 12.4. The highest BCUT2D eigenvalue weighted by Gasteiger charge is 2.22. The Bertz CT molecular complexity index is 1380. The lowest BCUT2D eigenvalue weighted by Gasteiger charge is -2.21. The highest BCUT2D eigenvalue weighted by Crippen LogP contribution is 2.24. The van der Waals surface area contributed by atoms with Gasteiger partial charge in [0, 0.05) is 24.3 Å². The lowest BCUT2D eigenvalue weighted by molar-refractivity contribution is -0.117. The minimum atomic E-state index is -0.792. The van der Waals surface area contributed by atoms with Crippen molar-refractivity contribution in [2.24, 2.45) is 5.73 Å². The fourth-order valence-electron chi connectivity index (χ4n) is 4.24. The first-order valence-corrected chi connectivity index (χ1v) is 13.1. The van der Waals surface area contributed by atoms with Gasteiger partial charge in [-0.3, -0.25) is 4.79 Å². The van der Waals surface area contributed by atoms with Gasteiger partial charge >= 0.3 is 6.03 Å². The second-order valence-electron chi connectivity index (χ2n) is 10.6. The number of carbonyl (C=O) groups is 2. The van der Waals surface area contributed by atoms with Crippen molar-refractivity contribution in [1.82, 2.24) is 5.32 Å². The van der Waals surface area contributed by atoms with Crippen LogP contribution in [0.3, 0.4) is 0 Å². The third-order valence-corrected chi connectivity index (χ3v) is 6.59. The number of nitrogens with one attached hydrogen (secondary N) is 3. The van der Waals surface area contributed by atoms with Crippen LogP contribution in [0.5, 0.6) is 0 Å². The van der Waals surface area contributed by atoms with E-state index in [2.05, 4.69) is 36.7 Å². The van der Waals surface area contributed by atoms with Crippen LogP contribution in [-0.2, 0) is 23.2 Å². The highest BCUT2D eigenvalue weighted by atomic mass is 16.2. The van der Waals surface area contributed by atoms with Crippen LogP contribution in [0.25, 0.3) is 11.1 Å². The molecule has 4 rings (SSSR count). The van der Waals surface area contributed by atoms with Gasteiger partial charge in [-0.05, 0) is 57.5 Å². The zero-order chi connectivity index (χ0) is 27.8. The van der Waals surface area contributed by atoms with E-state index >= 15 is 0 Å². The van der Waals surface area contributed by atoms with Crippen LogP contribution in [0, 0.1) is 0 Å². The van der Waals surface area contributed by atoms with Crippen molar-refractivity contribution < 1.29 is 9.59 Å². The van der Waals surface area contributed by atoms with Crippen molar-refractivity contribution in [3.63, 3.8) is 0 Å². The molecule has 0 heterocycles. The number of rotatable bonds is 8. The van der Waals surface area contributed by atoms with Crippen molar-refractivity contribution in [3.8, 4) is 11.1 Å². The SMILES string of the molecule is CC(C)(C)c1ccc(NC(=O)[C@H](Cc2ccc(CN)cc2)NC(=O)Nc2ccc(-c3ccccc3)cc2)cc1. The molecule has 0 bridgehead atoms. The summed E-state index contributed by atoms with van der Waals surface area (Å²) >= 11 is 0. The smallest absolute Gasteiger partial charge is 0.319 e. The Kier molecular flexibility index (Phi) is 8.79. The summed E-state index contributed by atoms with van der Waals surface area (Å²) in [6.45, 7) is 6.87. The molecular weight excluding hydrogens is 484 g/mol. The molecule has 0 aromatic heterocycles. The first-order valence-electron chi connectivity index (χ1n) is 13.1. The van der Waals surface area contributed by atoms with E-state index in [1.54, 1.807) is 0 Å². The molecule has 39 heavy (non-hydrogen) atoms. The van der Waals surface area contributed by atoms with Gasteiger partial charge in [0.1, 0.15) is 6.04 Å². The molecule has 0 radical (unpaired) electrons. The zero-order valence-electron chi connectivity index (χ0n) is 22.7. The Morgan fingerprint density at radius 3 is 1.82 bits per heavy atom. The van der Waals surface area contributed by atoms with Crippen molar-refractivity contribution in [2.45, 2.75) is 45.2 Å². The van der Waals surface area contributed by atoms with Gasteiger partial charge in [-0.2, -0.15) is 0 Å². The molecule has 0 unspecified atom stereocenters. The standard InChI is InChI=1S/C33H36N4O2/c1-33(2,3)27-15-19-28(20-16-27)35-31(38)30(21-23-9-11-24(22-34)12-10-23)37-32(39)36-29-17-13-26(14-18-29)25-7-5-4-6-8-25/h4-20,30H,21-22,34H2,1-3H3,(H,35,38)(H2,36,37,39)/t30-/m0/s1. The second-order valence-corrected chi connectivity index (χ2v) is 10.6. The first-order chi connectivity index (χ1) is 18.7. The lowest BCUT2D eigenvalue weighted by atomic mass is 9.87. The molecule has 4 aromatic carbocycles. The maximum Gasteiger partial charge on any atom is 0.319 e. The molecule has 0 saturated heterocycles. The highest BCUT2D eigenvalue weighted by molar-refractivity contribution is 5.99. The number of carbonyl (C=O) groups excluding carboxylic acids is 2. The van der Waals surface area contributed by atoms with Gasteiger partial charge in [0.25, 0.3) is 0 Å². The van der Waals surface area contributed by atoms with E-state index < -0.39 is 12.1 Å². The van der Waals surface area contributed by atoms with E-state index in [1.165, 1.54) is 5.56 Å². The third-order valence-electron chi connectivity index (χ3n) is 6.59. The summed E-state index contributed by atoms with van der Waals surface area (Å²) < 4.78 is 0. The summed E-state index contributed by atoms with van der Waals surface area (Å²) in [4.78, 5) is 26.3. The van der Waals surface area contributed by atoms with E-state index in [-0.39, 0.29) is 11.3 Å². The maximum absolute atomic E-state index is 13.3. The molecule has 0 aliphatic rings. The number of nitrogens with two attached hydrogens (primary N) is 1. The van der Waals surface area contributed by atoms with Crippen molar-refractivity contribution in [2.75, 3.05) is 10.6 Å². The molecule has 6 nitrogen and oxygen atoms in total. The quantitative estimate of drug-likeness (QED) is 0.214. The molecule has 3 amide bonds. The fourth-order valence-corrected chi connectivity index (χ4v) is 4.24. The van der Waals surface area contributed by atoms with Crippen LogP contribution in [0.4, 0.5) is 16.2 Å². The number of anilines is 2. The minimum absolute atomic E-state index is 0.0136. The molecule has 4 aromatic rings. The number of amides is 3. The Labute approximate surface area is 230 Å². The largest absolute Gasteiger partial charge is 0.326 e. The molecule has 0 saturated carbocycles. The molecule has 0 fully saturated rings. The molecule has 0 aliphatic heterocycles. The first kappa shape index (κ1) is 27.6. The van der Waals surface area contributed by atoms with Gasteiger partial charge in [0.2, 0.25) is 5.91 Å². The average molecular weight is 521 g/mol. The monoisotopic (exact) mass is 520 g/mol. The van der Waals surface area contributed by atoms with E-state index in [9.17, 15) is 9.59 Å². The van der Waals surface area contributed by atoms with E-state index in [4.69, 9.17) is 5.73 Å². The summed E-state index contributed by atoms with van der Waals surface area (Å²) in [6.07, 6.45) is 0.330. The van der Waals surface area contributed by atoms with E-state index in [0.717, 1.165) is 22.3 Å². The van der Waals surface area contributed by atoms with Gasteiger partial charge in [-0.25, -0.2) is 4.79 Å². The molecule has 0 spiro atoms. The van der Waals surface area contributed by atoms with Gasteiger partial charge in [0.15, 0.2) is 0 Å². The average Bonchev–Trinajstić information content (AvgIpc) is 2.94. The normalized spacial score (nSPS) is 11.9. The number of hydrogen-bond acceptors (Lipinski definition) is 3. The van der Waals surface area contributed by atoms with Gasteiger partial charge in [0.05, 0.1) is 0 Å². The topological polar surface area (TPSA) is 96.2 Å². The third kappa shape index (κ3) is 7.79. The molecular formula is C33H36N4O2.